The number of esters is 1. The number of carbonyl (C=O) groups is 1. The lowest BCUT2D eigenvalue weighted by Crippen LogP contribution is -2.65. The lowest BCUT2D eigenvalue weighted by molar-refractivity contribution is -0.220. The Morgan fingerprint density at radius 3 is 2.33 bits per heavy atom. The van der Waals surface area contributed by atoms with Crippen molar-refractivity contribution in [2.75, 3.05) is 0 Å². The Bertz CT molecular complexity index is 1870. The number of ether oxygens (including phenoxy) is 1. The Morgan fingerprint density at radius 2 is 1.67 bits per heavy atom. The smallest absolute Gasteiger partial charge is 0.338 e. The molecule has 4 saturated carbocycles. The number of fused-ring (bicyclic) bond motifs is 7. The number of benzene rings is 1. The summed E-state index contributed by atoms with van der Waals surface area (Å²) in [6.07, 6.45) is 13.6. The first-order valence-corrected chi connectivity index (χ1v) is 20.5. The first kappa shape index (κ1) is 36.3. The first-order valence-electron chi connectivity index (χ1n) is 19.6. The van der Waals surface area contributed by atoms with Gasteiger partial charge in [-0.25, -0.2) is 9.64 Å². The fourth-order valence-electron chi connectivity index (χ4n) is 13.3. The molecule has 0 spiro atoms. The zero-order chi connectivity index (χ0) is 36.8. The molecular formula is C47H59NO2S. The molecule has 0 amide bonds. The molecule has 1 aromatic carbocycles. The van der Waals surface area contributed by atoms with E-state index in [9.17, 15) is 4.79 Å². The summed E-state index contributed by atoms with van der Waals surface area (Å²) in [6, 6.07) is 10.2. The van der Waals surface area contributed by atoms with E-state index in [0.29, 0.717) is 35.2 Å². The second-order valence-electron chi connectivity index (χ2n) is 19.5. The van der Waals surface area contributed by atoms with Crippen molar-refractivity contribution in [2.24, 2.45) is 56.7 Å². The van der Waals surface area contributed by atoms with Crippen LogP contribution in [0.25, 0.3) is 10.4 Å². The third kappa shape index (κ3) is 5.52. The molecule has 4 fully saturated rings. The molecule has 7 rings (SSSR count). The number of allylic oxidation sites excluding steroid dienone is 3. The molecule has 1 aromatic heterocycles. The maximum atomic E-state index is 12.8. The van der Waals surface area contributed by atoms with Crippen molar-refractivity contribution in [2.45, 2.75) is 126 Å². The van der Waals surface area contributed by atoms with Crippen LogP contribution in [0.15, 0.2) is 53.9 Å². The van der Waals surface area contributed by atoms with Gasteiger partial charge in [0.05, 0.1) is 12.1 Å². The third-order valence-corrected chi connectivity index (χ3v) is 16.5. The summed E-state index contributed by atoms with van der Waals surface area (Å²) in [5, 5.41) is 2.75. The number of carbonyl (C=O) groups excluding carboxylic acids is 1. The summed E-state index contributed by atoms with van der Waals surface area (Å²) >= 11 is 1.51. The SMILES string of the molecule is [C-]#[N+]c1sccc1C#C[C@]12CC[C@@H](C(=C)C)[C@@H]1[C@H]1CC[C@@H]3[C@@]4(C)CC=C(c5ccc(C(=O)OC(C)(C)C)cc5)C(C)(C)[C@@H]4CC[C@@]3(C)[C@]1(C)CC2. The van der Waals surface area contributed by atoms with Crippen molar-refractivity contribution in [3.05, 3.63) is 82.0 Å². The quantitative estimate of drug-likeness (QED) is 0.138. The zero-order valence-electron chi connectivity index (χ0n) is 32.7. The van der Waals surface area contributed by atoms with E-state index in [4.69, 9.17) is 11.3 Å². The summed E-state index contributed by atoms with van der Waals surface area (Å²) in [5.41, 5.74) is 5.85. The van der Waals surface area contributed by atoms with E-state index in [-0.39, 0.29) is 33.0 Å². The highest BCUT2D eigenvalue weighted by Gasteiger charge is 2.70. The number of hydrogen-bond donors (Lipinski definition) is 0. The molecule has 0 N–H and O–H groups in total. The molecule has 5 aliphatic carbocycles. The highest BCUT2D eigenvalue weighted by molar-refractivity contribution is 7.14. The minimum Gasteiger partial charge on any atom is -0.456 e. The van der Waals surface area contributed by atoms with Gasteiger partial charge in [-0.15, -0.1) is 0 Å². The average Bonchev–Trinajstić information content (AvgIpc) is 3.68. The Kier molecular flexibility index (Phi) is 8.71. The van der Waals surface area contributed by atoms with E-state index in [1.165, 1.54) is 66.6 Å². The van der Waals surface area contributed by atoms with Gasteiger partial charge >= 0.3 is 5.97 Å². The predicted octanol–water partition coefficient (Wildman–Crippen LogP) is 13.0. The van der Waals surface area contributed by atoms with Gasteiger partial charge in [-0.2, -0.15) is 11.3 Å². The fourth-order valence-corrected chi connectivity index (χ4v) is 13.9. The predicted molar refractivity (Wildman–Crippen MR) is 211 cm³/mol. The summed E-state index contributed by atoms with van der Waals surface area (Å²) in [4.78, 5) is 16.5. The van der Waals surface area contributed by atoms with Crippen LogP contribution >= 0.6 is 11.3 Å². The van der Waals surface area contributed by atoms with Crippen LogP contribution in [0.2, 0.25) is 0 Å². The third-order valence-electron chi connectivity index (χ3n) is 15.7. The van der Waals surface area contributed by atoms with Gasteiger partial charge in [0.2, 0.25) is 0 Å². The van der Waals surface area contributed by atoms with Gasteiger partial charge < -0.3 is 4.74 Å². The van der Waals surface area contributed by atoms with E-state index < -0.39 is 5.60 Å². The molecule has 51 heavy (non-hydrogen) atoms. The lowest BCUT2D eigenvalue weighted by atomic mass is 9.32. The second-order valence-corrected chi connectivity index (χ2v) is 20.4. The molecule has 0 saturated heterocycles. The van der Waals surface area contributed by atoms with Gasteiger partial charge in [0, 0.05) is 11.0 Å². The van der Waals surface area contributed by atoms with Gasteiger partial charge in [-0.1, -0.05) is 76.8 Å². The number of thiophene rings is 1. The molecule has 1 heterocycles. The van der Waals surface area contributed by atoms with Crippen molar-refractivity contribution in [1.29, 1.82) is 0 Å². The molecule has 0 bridgehead atoms. The van der Waals surface area contributed by atoms with Crippen LogP contribution in [0.1, 0.15) is 142 Å². The standard InChI is InChI=1S/C47H59NO2S/c1-30(2)34-19-26-47(25-18-32-22-29-51-40(32)48-11)28-27-45(9)36(39(34)47)16-17-38-44(8)23-20-35(43(6,7)37(44)21-24-46(38,45)10)31-12-14-33(15-13-31)41(49)50-42(3,4)5/h12-15,20,22,29,34,36-39H,1,16-17,19,21,23-24,26-28H2,2-10H3/t34-,36+,37-,38+,39+,44-,45+,46+,47+/m0/s1. The normalized spacial score (nSPS) is 38.0. The highest BCUT2D eigenvalue weighted by Crippen LogP contribution is 2.77. The van der Waals surface area contributed by atoms with Crippen LogP contribution in [0.5, 0.6) is 0 Å². The van der Waals surface area contributed by atoms with Crippen molar-refractivity contribution < 1.29 is 9.53 Å². The average molecular weight is 702 g/mol. The molecule has 9 atom stereocenters. The molecule has 270 valence electrons. The van der Waals surface area contributed by atoms with Crippen LogP contribution in [0.3, 0.4) is 0 Å². The first-order chi connectivity index (χ1) is 23.9. The second kappa shape index (κ2) is 12.2. The van der Waals surface area contributed by atoms with Gasteiger partial charge in [0.25, 0.3) is 5.00 Å². The van der Waals surface area contributed by atoms with Crippen molar-refractivity contribution in [3.63, 3.8) is 0 Å². The number of rotatable bonds is 3. The molecular weight excluding hydrogens is 643 g/mol. The number of nitrogens with zero attached hydrogens (tertiary/aromatic N) is 1. The topological polar surface area (TPSA) is 30.7 Å². The minimum atomic E-state index is -0.508. The van der Waals surface area contributed by atoms with Gasteiger partial charge in [-0.3, -0.25) is 0 Å². The Morgan fingerprint density at radius 1 is 0.941 bits per heavy atom. The Labute approximate surface area is 312 Å². The Balaban J connectivity index is 1.20. The summed E-state index contributed by atoms with van der Waals surface area (Å²) < 4.78 is 5.65. The Hall–Kier alpha value is -3.08. The molecule has 0 unspecified atom stereocenters. The van der Waals surface area contributed by atoms with E-state index >= 15 is 0 Å². The van der Waals surface area contributed by atoms with Gasteiger partial charge in [-0.05, 0) is 171 Å². The van der Waals surface area contributed by atoms with Crippen molar-refractivity contribution in [3.8, 4) is 11.8 Å². The highest BCUT2D eigenvalue weighted by atomic mass is 32.1. The number of hydrogen-bond acceptors (Lipinski definition) is 3. The summed E-state index contributed by atoms with van der Waals surface area (Å²) in [7, 11) is 0. The van der Waals surface area contributed by atoms with Gasteiger partial charge in [0.15, 0.2) is 0 Å². The van der Waals surface area contributed by atoms with Crippen LogP contribution in [-0.4, -0.2) is 11.6 Å². The molecule has 2 aromatic rings. The molecule has 0 radical (unpaired) electrons. The van der Waals surface area contributed by atoms with Crippen LogP contribution < -0.4 is 0 Å². The van der Waals surface area contributed by atoms with Crippen LogP contribution in [0, 0.1) is 75.1 Å². The van der Waals surface area contributed by atoms with E-state index in [1.54, 1.807) is 0 Å². The summed E-state index contributed by atoms with van der Waals surface area (Å²) in [5.74, 6) is 10.2. The maximum absolute atomic E-state index is 12.8. The van der Waals surface area contributed by atoms with Gasteiger partial charge in [0.1, 0.15) is 5.60 Å². The lowest BCUT2D eigenvalue weighted by Gasteiger charge is -2.72. The largest absolute Gasteiger partial charge is 0.456 e. The van der Waals surface area contributed by atoms with Crippen molar-refractivity contribution >= 4 is 27.9 Å². The maximum Gasteiger partial charge on any atom is 0.338 e. The molecule has 4 heteroatoms. The minimum absolute atomic E-state index is 0.0167. The molecule has 5 aliphatic rings. The van der Waals surface area contributed by atoms with Crippen LogP contribution in [0.4, 0.5) is 5.00 Å². The fraction of sp³-hybridized carbons (Fsp3) is 0.617. The van der Waals surface area contributed by atoms with E-state index in [1.807, 2.05) is 44.4 Å². The van der Waals surface area contributed by atoms with E-state index in [2.05, 4.69) is 83.0 Å². The van der Waals surface area contributed by atoms with E-state index in [0.717, 1.165) is 29.8 Å². The molecule has 3 nitrogen and oxygen atoms in total. The monoisotopic (exact) mass is 701 g/mol. The van der Waals surface area contributed by atoms with Crippen molar-refractivity contribution in [1.82, 2.24) is 0 Å². The summed E-state index contributed by atoms with van der Waals surface area (Å²) in [6.45, 7) is 33.3. The zero-order valence-corrected chi connectivity index (χ0v) is 33.5. The van der Waals surface area contributed by atoms with Crippen LogP contribution in [-0.2, 0) is 4.74 Å². The molecule has 0 aliphatic heterocycles.